The molecule has 0 unspecified atom stereocenters. The van der Waals surface area contributed by atoms with E-state index in [-0.39, 0.29) is 16.2 Å². The highest BCUT2D eigenvalue weighted by molar-refractivity contribution is 14.1. The van der Waals surface area contributed by atoms with E-state index < -0.39 is 0 Å². The second-order valence-corrected chi connectivity index (χ2v) is 11.1. The first kappa shape index (κ1) is 27.1. The molecule has 0 radical (unpaired) electrons. The van der Waals surface area contributed by atoms with Crippen molar-refractivity contribution in [2.45, 2.75) is 52.4 Å². The summed E-state index contributed by atoms with van der Waals surface area (Å²) in [7, 11) is 0. The van der Waals surface area contributed by atoms with Gasteiger partial charge in [0.25, 0.3) is 0 Å². The summed E-state index contributed by atoms with van der Waals surface area (Å²) in [6.45, 7) is 12.6. The smallest absolute Gasteiger partial charge is 0.132 e. The van der Waals surface area contributed by atoms with Crippen molar-refractivity contribution >= 4 is 68.4 Å². The van der Waals surface area contributed by atoms with Gasteiger partial charge in [-0.3, -0.25) is 0 Å². The number of para-hydroxylation sites is 1. The van der Waals surface area contributed by atoms with Crippen LogP contribution in [0.3, 0.4) is 0 Å². The van der Waals surface area contributed by atoms with Gasteiger partial charge in [-0.25, -0.2) is 0 Å². The molecule has 2 aromatic carbocycles. The average Bonchev–Trinajstić information content (AvgIpc) is 2.50. The first-order valence-corrected chi connectivity index (χ1v) is 11.6. The summed E-state index contributed by atoms with van der Waals surface area (Å²) < 4.78 is 2.10. The minimum atomic E-state index is 0.00515. The highest BCUT2D eigenvalue weighted by Gasteiger charge is 2.20. The summed E-state index contributed by atoms with van der Waals surface area (Å²) >= 11 is 14.0. The number of phenols is 2. The monoisotopic (exact) mass is 636 g/mol. The number of aromatic hydroxyl groups is 2. The predicted molar refractivity (Wildman–Crippen MR) is 136 cm³/mol. The maximum absolute atomic E-state index is 9.85. The number of alkyl halides is 2. The van der Waals surface area contributed by atoms with Crippen molar-refractivity contribution in [1.29, 1.82) is 0 Å². The van der Waals surface area contributed by atoms with Gasteiger partial charge >= 0.3 is 0 Å². The molecule has 0 atom stereocenters. The van der Waals surface area contributed by atoms with Crippen LogP contribution in [0.15, 0.2) is 36.4 Å². The van der Waals surface area contributed by atoms with Gasteiger partial charge in [0.15, 0.2) is 0 Å². The second-order valence-electron chi connectivity index (χ2n) is 7.90. The fourth-order valence-corrected chi connectivity index (χ4v) is 4.09. The normalized spacial score (nSPS) is 11.0. The van der Waals surface area contributed by atoms with E-state index in [1.165, 1.54) is 3.57 Å². The van der Waals surface area contributed by atoms with Crippen LogP contribution in [0.5, 0.6) is 11.5 Å². The molecule has 6 heteroatoms. The molecule has 152 valence electrons. The fraction of sp³-hybridized carbons (Fsp3) is 0.429. The summed E-state index contributed by atoms with van der Waals surface area (Å²) in [6.07, 6.45) is 0. The van der Waals surface area contributed by atoms with Gasteiger partial charge < -0.3 is 10.2 Å². The summed E-state index contributed by atoms with van der Waals surface area (Å²) in [5.41, 5.74) is 2.06. The molecule has 2 N–H and O–H groups in total. The average molecular weight is 637 g/mol. The molecule has 0 saturated heterocycles. The van der Waals surface area contributed by atoms with Gasteiger partial charge in [-0.05, 0) is 79.8 Å². The number of halogens is 4. The van der Waals surface area contributed by atoms with E-state index in [2.05, 4.69) is 86.7 Å². The van der Waals surface area contributed by atoms with Crippen LogP contribution in [-0.2, 0) is 10.8 Å². The van der Waals surface area contributed by atoms with Crippen LogP contribution in [0.1, 0.15) is 52.7 Å². The van der Waals surface area contributed by atoms with Crippen LogP contribution in [0.2, 0.25) is 0 Å². The molecular weight excluding hydrogens is 609 g/mol. The Morgan fingerprint density at radius 1 is 0.815 bits per heavy atom. The molecule has 0 saturated carbocycles. The Labute approximate surface area is 201 Å². The van der Waals surface area contributed by atoms with Crippen molar-refractivity contribution in [1.82, 2.24) is 0 Å². The van der Waals surface area contributed by atoms with Gasteiger partial charge in [-0.15, -0.1) is 23.2 Å². The fourth-order valence-electron chi connectivity index (χ4n) is 2.25. The van der Waals surface area contributed by atoms with Crippen LogP contribution < -0.4 is 0 Å². The van der Waals surface area contributed by atoms with E-state index in [1.807, 2.05) is 30.3 Å². The Balaban J connectivity index is 0.000000442. The number of hydrogen-bond donors (Lipinski definition) is 2. The standard InChI is InChI=1S/C10H12I2O.C10H14O.CH2Cl2/c1-10(2,3)7-4-6(11)5-8(12)9(7)13;1-10(2,3)8-6-4-5-7-9(8)11;2-1-3/h4-5,13H,1-3H3;4-7,11H,1-3H3;1H2. The van der Waals surface area contributed by atoms with Crippen LogP contribution in [-0.4, -0.2) is 15.6 Å². The SMILES string of the molecule is CC(C)(C)c1cc(I)cc(I)c1O.CC(C)(C)c1ccccc1O.ClCCl. The van der Waals surface area contributed by atoms with E-state index >= 15 is 0 Å². The third-order valence-corrected chi connectivity index (χ3v) is 4.99. The molecular formula is C21H28Cl2I2O2. The van der Waals surface area contributed by atoms with Crippen LogP contribution in [0.4, 0.5) is 0 Å². The minimum Gasteiger partial charge on any atom is -0.508 e. The van der Waals surface area contributed by atoms with Crippen molar-refractivity contribution in [2.75, 3.05) is 5.34 Å². The topological polar surface area (TPSA) is 40.5 Å². The van der Waals surface area contributed by atoms with Gasteiger partial charge in [0.05, 0.1) is 8.91 Å². The summed E-state index contributed by atoms with van der Waals surface area (Å²) in [5.74, 6) is 0.813. The zero-order valence-electron chi connectivity index (χ0n) is 16.6. The largest absolute Gasteiger partial charge is 0.508 e. The molecule has 2 rings (SSSR count). The quantitative estimate of drug-likeness (QED) is 0.227. The summed E-state index contributed by atoms with van der Waals surface area (Å²) in [6, 6.07) is 11.5. The molecule has 0 heterocycles. The van der Waals surface area contributed by atoms with Gasteiger partial charge in [0, 0.05) is 9.13 Å². The number of hydrogen-bond acceptors (Lipinski definition) is 2. The maximum Gasteiger partial charge on any atom is 0.132 e. The van der Waals surface area contributed by atoms with E-state index in [1.54, 1.807) is 6.07 Å². The molecule has 0 aliphatic heterocycles. The van der Waals surface area contributed by atoms with Crippen LogP contribution >= 0.6 is 68.4 Å². The van der Waals surface area contributed by atoms with Crippen LogP contribution in [0.25, 0.3) is 0 Å². The Morgan fingerprint density at radius 3 is 1.63 bits per heavy atom. The Bertz CT molecular complexity index is 721. The van der Waals surface area contributed by atoms with Crippen molar-refractivity contribution < 1.29 is 10.2 Å². The third-order valence-electron chi connectivity index (χ3n) is 3.55. The van der Waals surface area contributed by atoms with Gasteiger partial charge in [-0.2, -0.15) is 0 Å². The molecule has 0 bridgehead atoms. The Morgan fingerprint density at radius 2 is 1.26 bits per heavy atom. The minimum absolute atomic E-state index is 0.00515. The van der Waals surface area contributed by atoms with Crippen molar-refractivity contribution in [3.8, 4) is 11.5 Å². The van der Waals surface area contributed by atoms with Crippen molar-refractivity contribution in [3.63, 3.8) is 0 Å². The Kier molecular flexibility index (Phi) is 12.0. The van der Waals surface area contributed by atoms with Crippen LogP contribution in [0, 0.1) is 7.14 Å². The lowest BCUT2D eigenvalue weighted by Crippen LogP contribution is -2.12. The van der Waals surface area contributed by atoms with Crippen molar-refractivity contribution in [2.24, 2.45) is 0 Å². The zero-order valence-corrected chi connectivity index (χ0v) is 22.4. The molecule has 27 heavy (non-hydrogen) atoms. The van der Waals surface area contributed by atoms with E-state index in [0.29, 0.717) is 11.5 Å². The second kappa shape index (κ2) is 11.9. The van der Waals surface area contributed by atoms with Gasteiger partial charge in [-0.1, -0.05) is 59.7 Å². The lowest BCUT2D eigenvalue weighted by Gasteiger charge is -2.21. The third kappa shape index (κ3) is 9.90. The number of benzene rings is 2. The highest BCUT2D eigenvalue weighted by Crippen LogP contribution is 2.35. The van der Waals surface area contributed by atoms with Gasteiger partial charge in [0.1, 0.15) is 11.5 Å². The van der Waals surface area contributed by atoms with E-state index in [4.69, 9.17) is 23.2 Å². The molecule has 0 aliphatic rings. The molecule has 0 aromatic heterocycles. The lowest BCUT2D eigenvalue weighted by atomic mass is 9.86. The first-order valence-electron chi connectivity index (χ1n) is 8.34. The van der Waals surface area contributed by atoms with Gasteiger partial charge in [0.2, 0.25) is 0 Å². The number of rotatable bonds is 0. The zero-order chi connectivity index (χ0) is 21.4. The highest BCUT2D eigenvalue weighted by atomic mass is 127. The lowest BCUT2D eigenvalue weighted by molar-refractivity contribution is 0.443. The predicted octanol–water partition coefficient (Wildman–Crippen LogP) is 8.01. The Hall–Kier alpha value is 0.0800. The summed E-state index contributed by atoms with van der Waals surface area (Å²) in [5, 5.41) is 19.5. The molecule has 0 fully saturated rings. The molecule has 0 aliphatic carbocycles. The first-order chi connectivity index (χ1) is 12.3. The van der Waals surface area contributed by atoms with Crippen molar-refractivity contribution in [3.05, 3.63) is 54.7 Å². The van der Waals surface area contributed by atoms with E-state index in [0.717, 1.165) is 14.7 Å². The molecule has 2 aromatic rings. The maximum atomic E-state index is 9.85. The summed E-state index contributed by atoms with van der Waals surface area (Å²) in [4.78, 5) is 0. The molecule has 2 nitrogen and oxygen atoms in total. The number of phenolic OH excluding ortho intramolecular Hbond substituents is 2. The molecule has 0 spiro atoms. The van der Waals surface area contributed by atoms with E-state index in [9.17, 15) is 10.2 Å². The molecule has 0 amide bonds.